The molecule has 10 heteroatoms. The molecule has 1 N–H and O–H groups in total. The van der Waals surface area contributed by atoms with Crippen molar-refractivity contribution < 1.29 is 18.0 Å². The second-order valence-corrected chi connectivity index (χ2v) is 11.0. The van der Waals surface area contributed by atoms with Crippen LogP contribution in [0.1, 0.15) is 73.8 Å². The van der Waals surface area contributed by atoms with Crippen LogP contribution in [0.3, 0.4) is 0 Å². The lowest BCUT2D eigenvalue weighted by molar-refractivity contribution is -0.136. The van der Waals surface area contributed by atoms with Crippen LogP contribution < -0.4 is 10.2 Å². The highest BCUT2D eigenvalue weighted by atomic mass is 19.4. The van der Waals surface area contributed by atoms with Gasteiger partial charge in [0.1, 0.15) is 17.0 Å². The van der Waals surface area contributed by atoms with Crippen molar-refractivity contribution in [1.29, 1.82) is 0 Å². The summed E-state index contributed by atoms with van der Waals surface area (Å²) in [6.07, 6.45) is 5.01. The molecule has 5 rings (SSSR count). The number of nitrogens with one attached hydrogen (secondary N) is 1. The molecule has 208 valence electrons. The highest BCUT2D eigenvalue weighted by molar-refractivity contribution is 5.95. The van der Waals surface area contributed by atoms with Gasteiger partial charge in [-0.15, -0.1) is 0 Å². The summed E-state index contributed by atoms with van der Waals surface area (Å²) in [5, 5.41) is 3.01. The summed E-state index contributed by atoms with van der Waals surface area (Å²) in [5.41, 5.74) is -0.938. The van der Waals surface area contributed by atoms with Crippen molar-refractivity contribution >= 4 is 22.8 Å². The summed E-state index contributed by atoms with van der Waals surface area (Å²) in [7, 11) is 0. The molecule has 0 spiro atoms. The van der Waals surface area contributed by atoms with E-state index in [1.165, 1.54) is 44.5 Å². The van der Waals surface area contributed by atoms with E-state index in [9.17, 15) is 18.0 Å². The number of likely N-dealkylation sites (tertiary alicyclic amines) is 2. The molecule has 0 aliphatic carbocycles. The Morgan fingerprint density at radius 2 is 1.45 bits per heavy atom. The molecule has 38 heavy (non-hydrogen) atoms. The summed E-state index contributed by atoms with van der Waals surface area (Å²) in [6.45, 7) is 7.72. The predicted molar refractivity (Wildman–Crippen MR) is 142 cm³/mol. The van der Waals surface area contributed by atoms with Gasteiger partial charge in [0, 0.05) is 45.3 Å². The van der Waals surface area contributed by atoms with Crippen LogP contribution in [0, 0.1) is 0 Å². The molecule has 0 radical (unpaired) electrons. The maximum atomic E-state index is 14.1. The number of carbonyl (C=O) groups excluding carboxylic acids is 1. The quantitative estimate of drug-likeness (QED) is 0.582. The lowest BCUT2D eigenvalue weighted by Gasteiger charge is -2.34. The number of halogens is 3. The molecule has 0 aromatic carbocycles. The zero-order valence-electron chi connectivity index (χ0n) is 22.1. The fourth-order valence-electron chi connectivity index (χ4n) is 5.92. The van der Waals surface area contributed by atoms with Gasteiger partial charge in [0.15, 0.2) is 0 Å². The molecule has 3 aliphatic heterocycles. The Morgan fingerprint density at radius 3 is 2.11 bits per heavy atom. The van der Waals surface area contributed by atoms with Gasteiger partial charge in [0.2, 0.25) is 0 Å². The molecule has 3 saturated heterocycles. The molecule has 5 heterocycles. The Balaban J connectivity index is 1.23. The summed E-state index contributed by atoms with van der Waals surface area (Å²) < 4.78 is 42.2. The van der Waals surface area contributed by atoms with Crippen molar-refractivity contribution in [2.45, 2.75) is 70.0 Å². The molecule has 0 saturated carbocycles. The largest absolute Gasteiger partial charge is 0.418 e. The monoisotopic (exact) mass is 532 g/mol. The van der Waals surface area contributed by atoms with Gasteiger partial charge < -0.3 is 20.0 Å². The van der Waals surface area contributed by atoms with Crippen molar-refractivity contribution in [1.82, 2.24) is 25.1 Å². The van der Waals surface area contributed by atoms with E-state index in [4.69, 9.17) is 0 Å². The van der Waals surface area contributed by atoms with Crippen molar-refractivity contribution in [3.63, 3.8) is 0 Å². The number of nitrogens with zero attached hydrogens (tertiary/aromatic N) is 5. The Kier molecular flexibility index (Phi) is 8.67. The fraction of sp³-hybridized carbons (Fsp3) is 0.679. The molecular weight excluding hydrogens is 493 g/mol. The number of rotatable bonds is 6. The molecular formula is C28H39F3N6O. The topological polar surface area (TPSA) is 64.6 Å². The minimum absolute atomic E-state index is 0.000138. The molecule has 2 aromatic heterocycles. The van der Waals surface area contributed by atoms with E-state index in [-0.39, 0.29) is 22.8 Å². The third kappa shape index (κ3) is 6.75. The minimum atomic E-state index is -4.59. The van der Waals surface area contributed by atoms with Crippen molar-refractivity contribution in [3.05, 3.63) is 29.5 Å². The molecule has 7 nitrogen and oxygen atoms in total. The molecule has 0 bridgehead atoms. The van der Waals surface area contributed by atoms with Crippen LogP contribution in [-0.2, 0) is 6.18 Å². The van der Waals surface area contributed by atoms with E-state index < -0.39 is 17.6 Å². The molecule has 0 unspecified atom stereocenters. The number of carbonyl (C=O) groups is 1. The van der Waals surface area contributed by atoms with Crippen LogP contribution in [-0.4, -0.2) is 84.1 Å². The van der Waals surface area contributed by atoms with Crippen LogP contribution in [0.5, 0.6) is 0 Å². The molecule has 2 aromatic rings. The Hall–Kier alpha value is -2.46. The highest BCUT2D eigenvalue weighted by Gasteiger charge is 2.35. The number of pyridine rings is 2. The van der Waals surface area contributed by atoms with Crippen molar-refractivity contribution in [2.24, 2.45) is 0 Å². The number of hydrogen-bond donors (Lipinski definition) is 1. The first-order chi connectivity index (χ1) is 18.4. The van der Waals surface area contributed by atoms with Gasteiger partial charge in [-0.2, -0.15) is 13.2 Å². The fourth-order valence-corrected chi connectivity index (χ4v) is 5.92. The normalized spacial score (nSPS) is 21.0. The number of hydrogen-bond acceptors (Lipinski definition) is 6. The third-order valence-electron chi connectivity index (χ3n) is 8.21. The van der Waals surface area contributed by atoms with Crippen molar-refractivity contribution in [2.75, 3.05) is 57.3 Å². The first kappa shape index (κ1) is 27.1. The van der Waals surface area contributed by atoms with E-state index >= 15 is 0 Å². The lowest BCUT2D eigenvalue weighted by atomic mass is 10.0. The van der Waals surface area contributed by atoms with Gasteiger partial charge in [0.05, 0.1) is 11.1 Å². The van der Waals surface area contributed by atoms with Gasteiger partial charge in [-0.05, 0) is 69.8 Å². The second kappa shape index (κ2) is 12.2. The Morgan fingerprint density at radius 1 is 0.842 bits per heavy atom. The number of anilines is 1. The summed E-state index contributed by atoms with van der Waals surface area (Å²) >= 11 is 0. The van der Waals surface area contributed by atoms with E-state index in [1.54, 1.807) is 0 Å². The number of piperidine rings is 2. The third-order valence-corrected chi connectivity index (χ3v) is 8.21. The van der Waals surface area contributed by atoms with Crippen LogP contribution in [0.4, 0.5) is 19.0 Å². The van der Waals surface area contributed by atoms with Crippen LogP contribution in [0.2, 0.25) is 0 Å². The Bertz CT molecular complexity index is 1090. The van der Waals surface area contributed by atoms with E-state index in [0.29, 0.717) is 18.9 Å². The smallest absolute Gasteiger partial charge is 0.357 e. The van der Waals surface area contributed by atoms with Gasteiger partial charge in [-0.25, -0.2) is 9.97 Å². The number of alkyl halides is 3. The SMILES string of the molecule is O=C(NC1CCN(CCN2CCCCC2)CC1)c1ccc2nc(N3CCCCCC3)cc(C(F)(F)F)c2n1. The molecule has 0 atom stereocenters. The summed E-state index contributed by atoms with van der Waals surface area (Å²) in [6, 6.07) is 4.08. The average Bonchev–Trinajstić information content (AvgIpc) is 3.21. The Labute approximate surface area is 222 Å². The standard InChI is InChI=1S/C28H39F3N6O/c29-28(30,31)22-20-25(37-14-6-1-2-7-15-37)33-23-8-9-24(34-26(22)23)27(38)32-21-10-16-36(17-11-21)19-18-35-12-4-3-5-13-35/h8-9,20-21H,1-7,10-19H2,(H,32,38). The van der Waals surface area contributed by atoms with Crippen LogP contribution >= 0.6 is 0 Å². The maximum absolute atomic E-state index is 14.1. The van der Waals surface area contributed by atoms with Crippen molar-refractivity contribution in [3.8, 4) is 0 Å². The van der Waals surface area contributed by atoms with E-state index in [1.807, 2.05) is 4.90 Å². The first-order valence-electron chi connectivity index (χ1n) is 14.3. The minimum Gasteiger partial charge on any atom is -0.357 e. The van der Waals surface area contributed by atoms with Gasteiger partial charge in [-0.1, -0.05) is 19.3 Å². The number of amides is 1. The summed E-state index contributed by atoms with van der Waals surface area (Å²) in [5.74, 6) is -0.0961. The predicted octanol–water partition coefficient (Wildman–Crippen LogP) is 4.71. The number of fused-ring (bicyclic) bond motifs is 1. The molecule has 1 amide bonds. The van der Waals surface area contributed by atoms with Crippen LogP contribution in [0.25, 0.3) is 11.0 Å². The van der Waals surface area contributed by atoms with Crippen LogP contribution in [0.15, 0.2) is 18.2 Å². The zero-order valence-corrected chi connectivity index (χ0v) is 22.1. The van der Waals surface area contributed by atoms with E-state index in [2.05, 4.69) is 25.1 Å². The van der Waals surface area contributed by atoms with Gasteiger partial charge in [0.25, 0.3) is 5.91 Å². The number of aromatic nitrogens is 2. The summed E-state index contributed by atoms with van der Waals surface area (Å²) in [4.78, 5) is 28.6. The highest BCUT2D eigenvalue weighted by Crippen LogP contribution is 2.36. The first-order valence-corrected chi connectivity index (χ1v) is 14.3. The zero-order chi connectivity index (χ0) is 26.5. The average molecular weight is 533 g/mol. The van der Waals surface area contributed by atoms with Gasteiger partial charge in [-0.3, -0.25) is 4.79 Å². The molecule has 3 aliphatic rings. The molecule has 3 fully saturated rings. The van der Waals surface area contributed by atoms with Gasteiger partial charge >= 0.3 is 6.18 Å². The maximum Gasteiger partial charge on any atom is 0.418 e. The van der Waals surface area contributed by atoms with E-state index in [0.717, 1.165) is 70.8 Å². The lowest BCUT2D eigenvalue weighted by Crippen LogP contribution is -2.47. The second-order valence-electron chi connectivity index (χ2n) is 11.0.